The molecule has 53 heavy (non-hydrogen) atoms. The number of amides is 4. The van der Waals surface area contributed by atoms with Crippen molar-refractivity contribution in [2.45, 2.75) is 72.4 Å². The van der Waals surface area contributed by atoms with Crippen LogP contribution < -0.4 is 25.6 Å². The predicted octanol–water partition coefficient (Wildman–Crippen LogP) is 4.88. The molecule has 0 radical (unpaired) electrons. The van der Waals surface area contributed by atoms with Gasteiger partial charge >= 0.3 is 12.1 Å². The normalized spacial score (nSPS) is 14.3. The number of nitrogens with zero attached hydrogens (tertiary/aromatic N) is 1. The lowest BCUT2D eigenvalue weighted by Gasteiger charge is -2.26. The number of rotatable bonds is 19. The molecule has 4 amide bonds. The maximum Gasteiger partial charge on any atom is 0.411 e. The smallest absolute Gasteiger partial charge is 0.411 e. The van der Waals surface area contributed by atoms with Crippen molar-refractivity contribution in [3.63, 3.8) is 0 Å². The summed E-state index contributed by atoms with van der Waals surface area (Å²) < 4.78 is 16.0. The minimum atomic E-state index is -0.982. The summed E-state index contributed by atoms with van der Waals surface area (Å²) in [5.41, 5.74) is 2.29. The number of carbonyl (C=O) groups excluding carboxylic acids is 6. The topological polar surface area (TPSA) is 190 Å². The molecule has 14 heteroatoms. The molecule has 0 aliphatic carbocycles. The lowest BCUT2D eigenvalue weighted by molar-refractivity contribution is -0.146. The Balaban J connectivity index is 1.87. The molecule has 0 spiro atoms. The van der Waals surface area contributed by atoms with Crippen molar-refractivity contribution in [3.8, 4) is 5.75 Å². The molecular formula is C39H50N4O10. The van der Waals surface area contributed by atoms with Gasteiger partial charge in [0.05, 0.1) is 42.8 Å². The first-order valence-corrected chi connectivity index (χ1v) is 17.5. The second kappa shape index (κ2) is 19.9. The Kier molecular flexibility index (Phi) is 15.8. The van der Waals surface area contributed by atoms with Crippen LogP contribution in [-0.4, -0.2) is 79.2 Å². The molecule has 1 aliphatic rings. The zero-order chi connectivity index (χ0) is 39.2. The van der Waals surface area contributed by atoms with Crippen molar-refractivity contribution >= 4 is 52.6 Å². The van der Waals surface area contributed by atoms with Crippen molar-refractivity contribution < 1.29 is 48.1 Å². The Hall–Kier alpha value is -5.50. The van der Waals surface area contributed by atoms with Crippen molar-refractivity contribution in [3.05, 3.63) is 72.3 Å². The summed E-state index contributed by atoms with van der Waals surface area (Å²) in [5, 5.41) is 18.4. The lowest BCUT2D eigenvalue weighted by atomic mass is 9.91. The third-order valence-corrected chi connectivity index (χ3v) is 8.55. The lowest BCUT2D eigenvalue weighted by Crippen LogP contribution is -2.45. The number of aliphatic hydroxyl groups excluding tert-OH is 1. The molecule has 0 saturated heterocycles. The van der Waals surface area contributed by atoms with Crippen LogP contribution in [0, 0.1) is 18.8 Å². The van der Waals surface area contributed by atoms with E-state index in [4.69, 9.17) is 14.2 Å². The van der Waals surface area contributed by atoms with Crippen molar-refractivity contribution in [2.75, 3.05) is 42.0 Å². The first-order valence-electron chi connectivity index (χ1n) is 17.5. The number of hydrogen-bond donors (Lipinski definition) is 4. The Morgan fingerprint density at radius 2 is 1.68 bits per heavy atom. The van der Waals surface area contributed by atoms with E-state index in [2.05, 4.69) is 29.1 Å². The maximum absolute atomic E-state index is 14.4. The number of Topliss-reactive ketones (excluding diaryl/α,β-unsaturated/α-hetero) is 1. The molecule has 1 heterocycles. The summed E-state index contributed by atoms with van der Waals surface area (Å²) >= 11 is 0. The molecule has 3 atom stereocenters. The molecule has 4 N–H and O–H groups in total. The van der Waals surface area contributed by atoms with Crippen LogP contribution in [0.5, 0.6) is 5.75 Å². The number of nitrogens with one attached hydrogen (secondary N) is 3. The van der Waals surface area contributed by atoms with E-state index < -0.39 is 47.8 Å². The molecule has 14 nitrogen and oxygen atoms in total. The van der Waals surface area contributed by atoms with E-state index in [1.165, 1.54) is 37.0 Å². The Morgan fingerprint density at radius 3 is 2.32 bits per heavy atom. The summed E-state index contributed by atoms with van der Waals surface area (Å²) in [7, 11) is 0. The van der Waals surface area contributed by atoms with Crippen LogP contribution in [0.15, 0.2) is 55.6 Å². The third kappa shape index (κ3) is 11.8. The second-order valence-electron chi connectivity index (χ2n) is 13.1. The zero-order valence-corrected chi connectivity index (χ0v) is 31.0. The Bertz CT molecular complexity index is 1700. The molecule has 3 rings (SSSR count). The molecule has 2 aromatic carbocycles. The quantitative estimate of drug-likeness (QED) is 0.0880. The monoisotopic (exact) mass is 734 g/mol. The highest BCUT2D eigenvalue weighted by atomic mass is 16.5. The summed E-state index contributed by atoms with van der Waals surface area (Å²) in [6, 6.07) is 6.44. The number of aliphatic hydroxyl groups is 1. The van der Waals surface area contributed by atoms with Crippen LogP contribution in [0.2, 0.25) is 0 Å². The fraction of sp³-hybridized carbons (Fsp3) is 0.436. The highest BCUT2D eigenvalue weighted by molar-refractivity contribution is 6.13. The molecular weight excluding hydrogens is 684 g/mol. The number of fused-ring (bicyclic) bond motifs is 1. The van der Waals surface area contributed by atoms with Crippen molar-refractivity contribution in [1.29, 1.82) is 0 Å². The van der Waals surface area contributed by atoms with Crippen molar-refractivity contribution in [2.24, 2.45) is 11.8 Å². The summed E-state index contributed by atoms with van der Waals surface area (Å²) in [5.74, 6) is -2.62. The molecule has 2 aromatic rings. The molecule has 0 saturated carbocycles. The zero-order valence-electron chi connectivity index (χ0n) is 31.0. The van der Waals surface area contributed by atoms with Gasteiger partial charge in [0, 0.05) is 23.9 Å². The van der Waals surface area contributed by atoms with Crippen LogP contribution in [0.1, 0.15) is 68.4 Å². The van der Waals surface area contributed by atoms with Gasteiger partial charge in [-0.3, -0.25) is 24.5 Å². The summed E-state index contributed by atoms with van der Waals surface area (Å²) in [6.07, 6.45) is 2.99. The summed E-state index contributed by atoms with van der Waals surface area (Å²) in [6.45, 7) is 15.2. The minimum Gasteiger partial charge on any atom is -0.493 e. The van der Waals surface area contributed by atoms with Crippen LogP contribution in [-0.2, 0) is 35.1 Å². The number of ether oxygens (including phenoxy) is 3. The fourth-order valence-electron chi connectivity index (χ4n) is 5.70. The van der Waals surface area contributed by atoms with E-state index in [0.29, 0.717) is 42.0 Å². The van der Waals surface area contributed by atoms with Gasteiger partial charge in [0.25, 0.3) is 5.91 Å². The van der Waals surface area contributed by atoms with Gasteiger partial charge in [-0.25, -0.2) is 4.79 Å². The molecule has 1 aliphatic heterocycles. The van der Waals surface area contributed by atoms with Gasteiger partial charge in [0.15, 0.2) is 0 Å². The van der Waals surface area contributed by atoms with E-state index in [1.54, 1.807) is 45.0 Å². The van der Waals surface area contributed by atoms with Crippen LogP contribution in [0.3, 0.4) is 0 Å². The number of hydrogen-bond acceptors (Lipinski definition) is 10. The van der Waals surface area contributed by atoms with Gasteiger partial charge in [-0.2, -0.15) is 0 Å². The molecule has 0 fully saturated rings. The molecule has 286 valence electrons. The number of benzene rings is 2. The fourth-order valence-corrected chi connectivity index (χ4v) is 5.70. The van der Waals surface area contributed by atoms with Gasteiger partial charge in [0.2, 0.25) is 11.8 Å². The third-order valence-electron chi connectivity index (χ3n) is 8.55. The highest BCUT2D eigenvalue weighted by Gasteiger charge is 2.36. The van der Waals surface area contributed by atoms with E-state index in [1.807, 2.05) is 0 Å². The van der Waals surface area contributed by atoms with E-state index in [9.17, 15) is 33.9 Å². The number of esters is 1. The number of carbonyl (C=O) groups is 6. The summed E-state index contributed by atoms with van der Waals surface area (Å²) in [4.78, 5) is 78.3. The van der Waals surface area contributed by atoms with Gasteiger partial charge in [-0.05, 0) is 68.9 Å². The van der Waals surface area contributed by atoms with Crippen LogP contribution >= 0.6 is 0 Å². The van der Waals surface area contributed by atoms with Gasteiger partial charge in [-0.15, -0.1) is 0 Å². The second-order valence-corrected chi connectivity index (χ2v) is 13.1. The van der Waals surface area contributed by atoms with Crippen LogP contribution in [0.25, 0.3) is 0 Å². The SMILES string of the molecule is C=CCOC(=O)C[C@H](C(=O)N[C@@H](C)C(=O)Nc1ccc2c(c1)N(C(=O)c1cc(C)c(OCCCC(C)=O)cc1NC(=O)OCC=C)[C@H](CO)C2)C(C)C. The standard InChI is InChI=1S/C39H50N4O10/c1-8-14-52-35(46)20-30(23(3)4)37(48)40-26(7)36(47)41-28-13-12-27-18-29(22-44)43(33(27)19-28)38(49)31-17-24(5)34(51-16-10-11-25(6)45)21-32(31)42-39(50)53-15-9-2/h8-9,12-13,17,19,21,23,26,29-30,44H,1-2,10-11,14-16,18,20,22H2,3-7H3,(H,40,48)(H,41,47)(H,42,50)/t26-,29-,30-/m0/s1. The first kappa shape index (κ1) is 41.9. The van der Waals surface area contributed by atoms with E-state index >= 15 is 0 Å². The van der Waals surface area contributed by atoms with Gasteiger partial charge < -0.3 is 39.6 Å². The highest BCUT2D eigenvalue weighted by Crippen LogP contribution is 2.38. The molecule has 0 bridgehead atoms. The largest absolute Gasteiger partial charge is 0.493 e. The predicted molar refractivity (Wildman–Crippen MR) is 200 cm³/mol. The maximum atomic E-state index is 14.4. The first-order chi connectivity index (χ1) is 25.2. The Morgan fingerprint density at radius 1 is 0.981 bits per heavy atom. The van der Waals surface area contributed by atoms with Crippen LogP contribution in [0.4, 0.5) is 21.9 Å². The average molecular weight is 735 g/mol. The number of anilines is 3. The van der Waals surface area contributed by atoms with Gasteiger partial charge in [0.1, 0.15) is 30.8 Å². The minimum absolute atomic E-state index is 0.0284. The van der Waals surface area contributed by atoms with E-state index in [-0.39, 0.29) is 55.8 Å². The average Bonchev–Trinajstić information content (AvgIpc) is 3.48. The molecule has 0 unspecified atom stereocenters. The molecule has 0 aromatic heterocycles. The van der Waals surface area contributed by atoms with Crippen molar-refractivity contribution in [1.82, 2.24) is 5.32 Å². The Labute approximate surface area is 309 Å². The number of aryl methyl sites for hydroxylation is 1. The van der Waals surface area contributed by atoms with Gasteiger partial charge in [-0.1, -0.05) is 45.2 Å². The van der Waals surface area contributed by atoms with E-state index in [0.717, 1.165) is 5.56 Å². The number of ketones is 1.